The molecule has 23 heavy (non-hydrogen) atoms. The highest BCUT2D eigenvalue weighted by Gasteiger charge is 2.27. The van der Waals surface area contributed by atoms with Crippen molar-refractivity contribution in [2.24, 2.45) is 0 Å². The molecule has 0 atom stereocenters. The van der Waals surface area contributed by atoms with E-state index in [1.54, 1.807) is 0 Å². The molecule has 1 amide bonds. The van der Waals surface area contributed by atoms with Crippen molar-refractivity contribution in [2.45, 2.75) is 19.0 Å². The van der Waals surface area contributed by atoms with Gasteiger partial charge in [-0.05, 0) is 24.6 Å². The number of allylic oxidation sites excluding steroid dienone is 1. The van der Waals surface area contributed by atoms with E-state index in [-0.39, 0.29) is 16.9 Å². The lowest BCUT2D eigenvalue weighted by molar-refractivity contribution is -0.134. The number of hydrogen-bond donors (Lipinski definition) is 2. The topological polar surface area (TPSA) is 75.3 Å². The van der Waals surface area contributed by atoms with Crippen molar-refractivity contribution < 1.29 is 30.8 Å². The molecule has 0 spiro atoms. The molecule has 0 saturated carbocycles. The van der Waals surface area contributed by atoms with Gasteiger partial charge in [-0.15, -0.1) is 0 Å². The minimum absolute atomic E-state index is 0.193. The van der Waals surface area contributed by atoms with Gasteiger partial charge in [0.1, 0.15) is 5.82 Å². The van der Waals surface area contributed by atoms with E-state index < -0.39 is 40.8 Å². The minimum atomic E-state index is -4.40. The smallest absolute Gasteiger partial charge is 0.326 e. The van der Waals surface area contributed by atoms with Crippen LogP contribution in [0, 0.1) is 5.82 Å². The van der Waals surface area contributed by atoms with Gasteiger partial charge in [-0.3, -0.25) is 9.52 Å². The van der Waals surface area contributed by atoms with Crippen LogP contribution in [0.3, 0.4) is 0 Å². The van der Waals surface area contributed by atoms with Crippen molar-refractivity contribution in [3.8, 4) is 0 Å². The lowest BCUT2D eigenvalue weighted by Gasteiger charge is -2.13. The molecule has 0 heterocycles. The van der Waals surface area contributed by atoms with Crippen LogP contribution in [0.4, 0.5) is 23.2 Å². The zero-order valence-electron chi connectivity index (χ0n) is 12.0. The highest BCUT2D eigenvalue weighted by Crippen LogP contribution is 2.23. The zero-order chi connectivity index (χ0) is 17.8. The molecule has 0 fully saturated rings. The molecule has 10 heteroatoms. The number of carbonyl (C=O) groups excluding carboxylic acids is 1. The number of halogens is 4. The molecule has 0 radical (unpaired) electrons. The van der Waals surface area contributed by atoms with Crippen molar-refractivity contribution in [1.29, 1.82) is 0 Å². The average Bonchev–Trinajstić information content (AvgIpc) is 2.33. The van der Waals surface area contributed by atoms with E-state index in [0.717, 1.165) is 24.5 Å². The maximum atomic E-state index is 13.2. The van der Waals surface area contributed by atoms with Crippen molar-refractivity contribution in [3.63, 3.8) is 0 Å². The van der Waals surface area contributed by atoms with Crippen LogP contribution in [0.25, 0.3) is 0 Å². The fraction of sp³-hybridized carbons (Fsp3) is 0.308. The predicted molar refractivity (Wildman–Crippen MR) is 76.8 cm³/mol. The summed E-state index contributed by atoms with van der Waals surface area (Å²) in [5.41, 5.74) is -0.763. The second-order valence-electron chi connectivity index (χ2n) is 4.74. The van der Waals surface area contributed by atoms with Crippen LogP contribution in [-0.4, -0.2) is 26.8 Å². The molecule has 0 saturated heterocycles. The molecule has 2 N–H and O–H groups in total. The number of hydrogen-bond acceptors (Lipinski definition) is 3. The van der Waals surface area contributed by atoms with Crippen LogP contribution in [0.15, 0.2) is 30.5 Å². The second kappa shape index (κ2) is 6.99. The average molecular weight is 354 g/mol. The Hall–Kier alpha value is -2.10. The standard InChI is InChI=1S/C13H14F4N2O3S/c1-8(5-6-13(15,16)17)18-12(20)10-4-3-9(14)7-11(10)19-23(2,21)22/h3-4,7,19H,1,5-6H2,2H3,(H,18,20). The molecule has 128 valence electrons. The third-order valence-electron chi connectivity index (χ3n) is 2.52. The Morgan fingerprint density at radius 2 is 1.91 bits per heavy atom. The number of nitrogens with one attached hydrogen (secondary N) is 2. The first kappa shape index (κ1) is 18.9. The minimum Gasteiger partial charge on any atom is -0.326 e. The summed E-state index contributed by atoms with van der Waals surface area (Å²) in [6.45, 7) is 3.30. The molecule has 0 aliphatic rings. The van der Waals surface area contributed by atoms with Crippen molar-refractivity contribution >= 4 is 21.6 Å². The Balaban J connectivity index is 2.89. The highest BCUT2D eigenvalue weighted by molar-refractivity contribution is 7.92. The number of alkyl halides is 3. The lowest BCUT2D eigenvalue weighted by atomic mass is 10.1. The van der Waals surface area contributed by atoms with Crippen LogP contribution >= 0.6 is 0 Å². The van der Waals surface area contributed by atoms with Gasteiger partial charge in [0.25, 0.3) is 5.91 Å². The van der Waals surface area contributed by atoms with Gasteiger partial charge in [-0.25, -0.2) is 12.8 Å². The van der Waals surface area contributed by atoms with Crippen molar-refractivity contribution in [3.05, 3.63) is 41.9 Å². The number of rotatable bonds is 6. The molecule has 1 rings (SSSR count). The summed E-state index contributed by atoms with van der Waals surface area (Å²) in [6.07, 6.45) is -5.27. The third-order valence-corrected chi connectivity index (χ3v) is 3.11. The van der Waals surface area contributed by atoms with Gasteiger partial charge in [0.05, 0.1) is 17.5 Å². The van der Waals surface area contributed by atoms with Gasteiger partial charge in [-0.1, -0.05) is 6.58 Å². The Labute approximate surface area is 130 Å². The summed E-state index contributed by atoms with van der Waals surface area (Å²) >= 11 is 0. The normalized spacial score (nSPS) is 11.9. The largest absolute Gasteiger partial charge is 0.389 e. The Kier molecular flexibility index (Phi) is 5.75. The van der Waals surface area contributed by atoms with E-state index in [9.17, 15) is 30.8 Å². The molecule has 0 aliphatic carbocycles. The van der Waals surface area contributed by atoms with Crippen LogP contribution in [0.1, 0.15) is 23.2 Å². The number of sulfonamides is 1. The van der Waals surface area contributed by atoms with E-state index in [0.29, 0.717) is 0 Å². The third kappa shape index (κ3) is 7.13. The quantitative estimate of drug-likeness (QED) is 0.772. The SMILES string of the molecule is C=C(CCC(F)(F)F)NC(=O)c1ccc(F)cc1NS(C)(=O)=O. The van der Waals surface area contributed by atoms with Crippen LogP contribution in [0.2, 0.25) is 0 Å². The van der Waals surface area contributed by atoms with Gasteiger partial charge in [0.15, 0.2) is 0 Å². The summed E-state index contributed by atoms with van der Waals surface area (Å²) in [7, 11) is -3.78. The van der Waals surface area contributed by atoms with E-state index in [1.165, 1.54) is 0 Å². The maximum Gasteiger partial charge on any atom is 0.389 e. The van der Waals surface area contributed by atoms with Gasteiger partial charge in [0, 0.05) is 12.1 Å². The summed E-state index contributed by atoms with van der Waals surface area (Å²) in [5, 5.41) is 2.12. The number of carbonyl (C=O) groups is 1. The van der Waals surface area contributed by atoms with Crippen LogP contribution in [0.5, 0.6) is 0 Å². The summed E-state index contributed by atoms with van der Waals surface area (Å²) in [5.74, 6) is -1.69. The second-order valence-corrected chi connectivity index (χ2v) is 6.49. The highest BCUT2D eigenvalue weighted by atomic mass is 32.2. The summed E-state index contributed by atoms with van der Waals surface area (Å²) in [4.78, 5) is 12.0. The number of anilines is 1. The fourth-order valence-electron chi connectivity index (χ4n) is 1.58. The Morgan fingerprint density at radius 1 is 1.30 bits per heavy atom. The molecular formula is C13H14F4N2O3S. The zero-order valence-corrected chi connectivity index (χ0v) is 12.8. The maximum absolute atomic E-state index is 13.2. The van der Waals surface area contributed by atoms with E-state index in [1.807, 2.05) is 4.72 Å². The Bertz CT molecular complexity index is 714. The molecule has 0 unspecified atom stereocenters. The molecule has 1 aromatic carbocycles. The first-order valence-electron chi connectivity index (χ1n) is 6.20. The van der Waals surface area contributed by atoms with E-state index in [2.05, 4.69) is 11.9 Å². The van der Waals surface area contributed by atoms with Crippen LogP contribution in [-0.2, 0) is 10.0 Å². The first-order chi connectivity index (χ1) is 10.4. The molecular weight excluding hydrogens is 340 g/mol. The van der Waals surface area contributed by atoms with E-state index in [4.69, 9.17) is 0 Å². The lowest BCUT2D eigenvalue weighted by Crippen LogP contribution is -2.25. The molecule has 0 aromatic heterocycles. The van der Waals surface area contributed by atoms with E-state index >= 15 is 0 Å². The van der Waals surface area contributed by atoms with Gasteiger partial charge in [0.2, 0.25) is 10.0 Å². The fourth-order valence-corrected chi connectivity index (χ4v) is 2.15. The van der Waals surface area contributed by atoms with Crippen molar-refractivity contribution in [1.82, 2.24) is 5.32 Å². The molecule has 1 aromatic rings. The van der Waals surface area contributed by atoms with Gasteiger partial charge < -0.3 is 5.32 Å². The molecule has 0 bridgehead atoms. The van der Waals surface area contributed by atoms with Crippen LogP contribution < -0.4 is 10.0 Å². The number of benzene rings is 1. The Morgan fingerprint density at radius 3 is 2.43 bits per heavy atom. The number of amides is 1. The predicted octanol–water partition coefficient (Wildman–Crippen LogP) is 2.78. The molecule has 0 aliphatic heterocycles. The summed E-state index contributed by atoms with van der Waals surface area (Å²) < 4.78 is 73.9. The van der Waals surface area contributed by atoms with Gasteiger partial charge >= 0.3 is 6.18 Å². The monoisotopic (exact) mass is 354 g/mol. The summed E-state index contributed by atoms with van der Waals surface area (Å²) in [6, 6.07) is 2.71. The first-order valence-corrected chi connectivity index (χ1v) is 8.10. The van der Waals surface area contributed by atoms with Crippen molar-refractivity contribution in [2.75, 3.05) is 11.0 Å². The van der Waals surface area contributed by atoms with Gasteiger partial charge in [-0.2, -0.15) is 13.2 Å². The molecule has 5 nitrogen and oxygen atoms in total.